The molecule has 0 saturated heterocycles. The van der Waals surface area contributed by atoms with Crippen molar-refractivity contribution in [3.05, 3.63) is 0 Å². The van der Waals surface area contributed by atoms with Crippen LogP contribution in [0.25, 0.3) is 0 Å². The van der Waals surface area contributed by atoms with Gasteiger partial charge in [-0.3, -0.25) is 4.79 Å². The van der Waals surface area contributed by atoms with E-state index in [-0.39, 0.29) is 5.41 Å². The van der Waals surface area contributed by atoms with Gasteiger partial charge in [0.15, 0.2) is 0 Å². The van der Waals surface area contributed by atoms with Gasteiger partial charge in [-0.15, -0.1) is 0 Å². The molecule has 0 amide bonds. The third-order valence-electron chi connectivity index (χ3n) is 5.86. The van der Waals surface area contributed by atoms with Gasteiger partial charge in [-0.1, -0.05) is 104 Å². The molecule has 1 saturated carbocycles. The van der Waals surface area contributed by atoms with E-state index in [1.165, 1.54) is 83.5 Å². The third kappa shape index (κ3) is 8.22. The van der Waals surface area contributed by atoms with E-state index < -0.39 is 5.97 Å². The number of rotatable bonds is 16. The van der Waals surface area contributed by atoms with Gasteiger partial charge in [0.05, 0.1) is 5.41 Å². The van der Waals surface area contributed by atoms with Crippen LogP contribution in [-0.2, 0) is 4.79 Å². The Morgan fingerprint density at radius 3 is 1.48 bits per heavy atom. The average Bonchev–Trinajstić information content (AvgIpc) is 3.19. The number of hydrogen-bond donors (Lipinski definition) is 1. The van der Waals surface area contributed by atoms with E-state index in [1.54, 1.807) is 0 Å². The normalized spacial score (nSPS) is 23.1. The number of carboxylic acids is 1. The topological polar surface area (TPSA) is 37.3 Å². The minimum Gasteiger partial charge on any atom is -0.481 e. The molecule has 2 unspecified atom stereocenters. The average molecular weight is 325 g/mol. The van der Waals surface area contributed by atoms with Crippen LogP contribution >= 0.6 is 0 Å². The SMILES string of the molecule is CCCCCCCCCCCCCCCCC1(C(=O)O)CC1C. The molecule has 0 aromatic heterocycles. The first-order chi connectivity index (χ1) is 11.1. The summed E-state index contributed by atoms with van der Waals surface area (Å²) in [6, 6.07) is 0. The Morgan fingerprint density at radius 1 is 0.826 bits per heavy atom. The second-order valence-corrected chi connectivity index (χ2v) is 7.91. The quantitative estimate of drug-likeness (QED) is 0.311. The number of aliphatic carboxylic acids is 1. The van der Waals surface area contributed by atoms with Gasteiger partial charge >= 0.3 is 5.97 Å². The largest absolute Gasteiger partial charge is 0.481 e. The van der Waals surface area contributed by atoms with Gasteiger partial charge in [0.25, 0.3) is 0 Å². The van der Waals surface area contributed by atoms with Crippen molar-refractivity contribution in [3.63, 3.8) is 0 Å². The van der Waals surface area contributed by atoms with E-state index in [2.05, 4.69) is 13.8 Å². The molecule has 0 radical (unpaired) electrons. The van der Waals surface area contributed by atoms with Crippen LogP contribution < -0.4 is 0 Å². The van der Waals surface area contributed by atoms with Gasteiger partial charge in [0.1, 0.15) is 0 Å². The van der Waals surface area contributed by atoms with Crippen LogP contribution in [0.5, 0.6) is 0 Å². The molecule has 0 spiro atoms. The molecule has 2 heteroatoms. The van der Waals surface area contributed by atoms with Crippen LogP contribution in [0.2, 0.25) is 0 Å². The highest BCUT2D eigenvalue weighted by molar-refractivity contribution is 5.78. The minimum atomic E-state index is -0.556. The minimum absolute atomic E-state index is 0.336. The Balaban J connectivity index is 1.78. The summed E-state index contributed by atoms with van der Waals surface area (Å²) >= 11 is 0. The second-order valence-electron chi connectivity index (χ2n) is 7.91. The lowest BCUT2D eigenvalue weighted by atomic mass is 9.95. The summed E-state index contributed by atoms with van der Waals surface area (Å²) in [7, 11) is 0. The molecule has 1 aliphatic rings. The maximum Gasteiger partial charge on any atom is 0.309 e. The van der Waals surface area contributed by atoms with Crippen LogP contribution in [0.1, 0.15) is 117 Å². The molecular weight excluding hydrogens is 284 g/mol. The lowest BCUT2D eigenvalue weighted by Gasteiger charge is -2.10. The number of unbranched alkanes of at least 4 members (excludes halogenated alkanes) is 13. The zero-order chi connectivity index (χ0) is 17.0. The Hall–Kier alpha value is -0.530. The smallest absolute Gasteiger partial charge is 0.309 e. The van der Waals surface area contributed by atoms with Gasteiger partial charge < -0.3 is 5.11 Å². The van der Waals surface area contributed by atoms with Crippen LogP contribution in [0, 0.1) is 11.3 Å². The number of hydrogen-bond acceptors (Lipinski definition) is 1. The predicted octanol–water partition coefficient (Wildman–Crippen LogP) is 6.97. The van der Waals surface area contributed by atoms with Crippen molar-refractivity contribution >= 4 is 5.97 Å². The van der Waals surface area contributed by atoms with E-state index in [1.807, 2.05) is 0 Å². The van der Waals surface area contributed by atoms with E-state index >= 15 is 0 Å². The van der Waals surface area contributed by atoms with Crippen molar-refractivity contribution in [2.45, 2.75) is 117 Å². The maximum atomic E-state index is 11.3. The van der Waals surface area contributed by atoms with Crippen LogP contribution in [0.4, 0.5) is 0 Å². The summed E-state index contributed by atoms with van der Waals surface area (Å²) in [4.78, 5) is 11.3. The van der Waals surface area contributed by atoms with Crippen LogP contribution in [0.3, 0.4) is 0 Å². The molecule has 2 atom stereocenters. The third-order valence-corrected chi connectivity index (χ3v) is 5.86. The fourth-order valence-electron chi connectivity index (χ4n) is 3.88. The molecule has 1 rings (SSSR count). The van der Waals surface area contributed by atoms with Gasteiger partial charge in [-0.25, -0.2) is 0 Å². The van der Waals surface area contributed by atoms with Gasteiger partial charge in [0, 0.05) is 0 Å². The van der Waals surface area contributed by atoms with Crippen LogP contribution in [0.15, 0.2) is 0 Å². The van der Waals surface area contributed by atoms with E-state index in [4.69, 9.17) is 0 Å². The van der Waals surface area contributed by atoms with Crippen molar-refractivity contribution in [3.8, 4) is 0 Å². The number of carbonyl (C=O) groups is 1. The second kappa shape index (κ2) is 11.9. The van der Waals surface area contributed by atoms with Crippen molar-refractivity contribution in [1.29, 1.82) is 0 Å². The van der Waals surface area contributed by atoms with Gasteiger partial charge in [-0.05, 0) is 18.8 Å². The summed E-state index contributed by atoms with van der Waals surface area (Å²) in [6.45, 7) is 4.36. The molecular formula is C21H40O2. The molecule has 136 valence electrons. The van der Waals surface area contributed by atoms with Crippen LogP contribution in [-0.4, -0.2) is 11.1 Å². The first kappa shape index (κ1) is 20.5. The molecule has 1 aliphatic carbocycles. The molecule has 0 bridgehead atoms. The Morgan fingerprint density at radius 2 is 1.17 bits per heavy atom. The molecule has 0 aliphatic heterocycles. The first-order valence-electron chi connectivity index (χ1n) is 10.4. The molecule has 2 nitrogen and oxygen atoms in total. The first-order valence-corrected chi connectivity index (χ1v) is 10.4. The highest BCUT2D eigenvalue weighted by Gasteiger charge is 2.56. The summed E-state index contributed by atoms with van der Waals surface area (Å²) in [6.07, 6.45) is 20.8. The van der Waals surface area contributed by atoms with Crippen molar-refractivity contribution < 1.29 is 9.90 Å². The fraction of sp³-hybridized carbons (Fsp3) is 0.952. The lowest BCUT2D eigenvalue weighted by molar-refractivity contribution is -0.144. The summed E-state index contributed by atoms with van der Waals surface area (Å²) in [5.74, 6) is -0.151. The molecule has 0 heterocycles. The Kier molecular flexibility index (Phi) is 10.6. The van der Waals surface area contributed by atoms with Crippen molar-refractivity contribution in [2.75, 3.05) is 0 Å². The van der Waals surface area contributed by atoms with E-state index in [0.29, 0.717) is 5.92 Å². The molecule has 1 N–H and O–H groups in total. The monoisotopic (exact) mass is 324 g/mol. The zero-order valence-electron chi connectivity index (χ0n) is 15.7. The lowest BCUT2D eigenvalue weighted by Crippen LogP contribution is -2.16. The van der Waals surface area contributed by atoms with Gasteiger partial charge in [0.2, 0.25) is 0 Å². The van der Waals surface area contributed by atoms with Gasteiger partial charge in [-0.2, -0.15) is 0 Å². The summed E-state index contributed by atoms with van der Waals surface area (Å²) in [5.41, 5.74) is -0.336. The summed E-state index contributed by atoms with van der Waals surface area (Å²) < 4.78 is 0. The Bertz CT molecular complexity index is 313. The molecule has 23 heavy (non-hydrogen) atoms. The maximum absolute atomic E-state index is 11.3. The van der Waals surface area contributed by atoms with Crippen molar-refractivity contribution in [1.82, 2.24) is 0 Å². The van der Waals surface area contributed by atoms with E-state index in [9.17, 15) is 9.90 Å². The molecule has 0 aromatic rings. The fourth-order valence-corrected chi connectivity index (χ4v) is 3.88. The highest BCUT2D eigenvalue weighted by Crippen LogP contribution is 2.56. The zero-order valence-corrected chi connectivity index (χ0v) is 15.7. The number of carboxylic acid groups (broad SMARTS) is 1. The standard InChI is InChI=1S/C21H40O2/c1-3-4-5-6-7-8-9-10-11-12-13-14-15-16-17-21(20(22)23)18-19(21)2/h19H,3-18H2,1-2H3,(H,22,23). The molecule has 0 aromatic carbocycles. The van der Waals surface area contributed by atoms with E-state index in [0.717, 1.165) is 19.3 Å². The Labute approximate surface area is 144 Å². The summed E-state index contributed by atoms with van der Waals surface area (Å²) in [5, 5.41) is 9.28. The van der Waals surface area contributed by atoms with Crippen molar-refractivity contribution in [2.24, 2.45) is 11.3 Å². The molecule has 1 fully saturated rings. The predicted molar refractivity (Wildman–Crippen MR) is 98.8 cm³/mol. The highest BCUT2D eigenvalue weighted by atomic mass is 16.4.